The van der Waals surface area contributed by atoms with Crippen LogP contribution in [0.3, 0.4) is 0 Å². The zero-order valence-electron chi connectivity index (χ0n) is 16.5. The third-order valence-electron chi connectivity index (χ3n) is 5.59. The number of thiazole rings is 1. The fraction of sp³-hybridized carbons (Fsp3) is 0.400. The summed E-state index contributed by atoms with van der Waals surface area (Å²) in [5.41, 5.74) is 1.88. The molecule has 1 saturated heterocycles. The number of likely N-dealkylation sites (tertiary alicyclic amines) is 1. The van der Waals surface area contributed by atoms with Crippen molar-refractivity contribution in [1.82, 2.24) is 9.88 Å². The summed E-state index contributed by atoms with van der Waals surface area (Å²) < 4.78 is 0. The van der Waals surface area contributed by atoms with Crippen molar-refractivity contribution >= 4 is 46.6 Å². The molecule has 2 aliphatic heterocycles. The Bertz CT molecular complexity index is 1060. The molecular weight excluding hydrogens is 426 g/mol. The van der Waals surface area contributed by atoms with Gasteiger partial charge in [-0.25, -0.2) is 0 Å². The van der Waals surface area contributed by atoms with E-state index in [-0.39, 0.29) is 4.87 Å². The van der Waals surface area contributed by atoms with Gasteiger partial charge in [0.25, 0.3) is 0 Å². The molecule has 1 aromatic carbocycles. The number of nitrogens with one attached hydrogen (secondary N) is 1. The molecule has 0 unspecified atom stereocenters. The Kier molecular flexibility index (Phi) is 5.46. The number of fused-ring (bicyclic) bond motifs is 2. The van der Waals surface area contributed by atoms with E-state index in [9.17, 15) is 19.2 Å². The van der Waals surface area contributed by atoms with Crippen LogP contribution in [0.2, 0.25) is 0 Å². The second kappa shape index (κ2) is 7.92. The fourth-order valence-electron chi connectivity index (χ4n) is 4.21. The van der Waals surface area contributed by atoms with Crippen LogP contribution in [0.5, 0.6) is 0 Å². The van der Waals surface area contributed by atoms with Gasteiger partial charge in [-0.1, -0.05) is 35.2 Å². The minimum absolute atomic E-state index is 0.237. The molecule has 0 spiro atoms. The second-order valence-corrected chi connectivity index (χ2v) is 9.34. The Hall–Kier alpha value is -2.59. The van der Waals surface area contributed by atoms with E-state index in [0.29, 0.717) is 5.03 Å². The molecule has 8 nitrogen and oxygen atoms in total. The van der Waals surface area contributed by atoms with Gasteiger partial charge < -0.3 is 15.0 Å². The van der Waals surface area contributed by atoms with Crippen molar-refractivity contribution in [3.05, 3.63) is 44.4 Å². The Morgan fingerprint density at radius 2 is 1.80 bits per heavy atom. The highest BCUT2D eigenvalue weighted by Gasteiger charge is 2.56. The SMILES string of the molecule is CCN(CC)c1ccc([C@@H]2c3sc(=O)[nH]c3S[C@@H]3C(=O)N(CC(=O)O)C(=O)[C@H]23)cc1. The van der Waals surface area contributed by atoms with Gasteiger partial charge in [0.15, 0.2) is 0 Å². The standard InChI is InChI=1S/C20H21N3O5S2/c1-3-22(4-2)11-7-5-10(6-8-11)13-14-16(29-17-15(13)30-20(28)21-17)19(27)23(18(14)26)9-12(24)25/h5-8,13-14,16H,3-4,9H2,1-2H3,(H,21,28)(H,24,25)/t13-,14+,16-/m0/s1. The Morgan fingerprint density at radius 1 is 1.13 bits per heavy atom. The predicted octanol–water partition coefficient (Wildman–Crippen LogP) is 1.96. The number of anilines is 1. The lowest BCUT2D eigenvalue weighted by Gasteiger charge is -2.30. The van der Waals surface area contributed by atoms with Crippen LogP contribution in [0.1, 0.15) is 30.2 Å². The number of carboxylic acids is 1. The fourth-order valence-corrected chi connectivity index (χ4v) is 6.74. The van der Waals surface area contributed by atoms with Crippen LogP contribution in [0.4, 0.5) is 5.69 Å². The van der Waals surface area contributed by atoms with Gasteiger partial charge in [0.2, 0.25) is 11.8 Å². The number of aromatic nitrogens is 1. The summed E-state index contributed by atoms with van der Waals surface area (Å²) in [5, 5.41) is 8.96. The van der Waals surface area contributed by atoms with Crippen LogP contribution in [-0.2, 0) is 14.4 Å². The minimum Gasteiger partial charge on any atom is -0.480 e. The van der Waals surface area contributed by atoms with Gasteiger partial charge >= 0.3 is 10.8 Å². The maximum absolute atomic E-state index is 13.1. The first-order valence-electron chi connectivity index (χ1n) is 9.67. The van der Waals surface area contributed by atoms with Crippen molar-refractivity contribution in [3.63, 3.8) is 0 Å². The molecule has 0 radical (unpaired) electrons. The largest absolute Gasteiger partial charge is 0.480 e. The number of aliphatic carboxylic acids is 1. The molecule has 30 heavy (non-hydrogen) atoms. The van der Waals surface area contributed by atoms with Gasteiger partial charge in [0, 0.05) is 29.6 Å². The first-order chi connectivity index (χ1) is 14.3. The topological polar surface area (TPSA) is 111 Å². The molecule has 1 aromatic heterocycles. The summed E-state index contributed by atoms with van der Waals surface area (Å²) >= 11 is 2.19. The van der Waals surface area contributed by atoms with Crippen LogP contribution in [-0.4, -0.2) is 57.7 Å². The van der Waals surface area contributed by atoms with E-state index in [2.05, 4.69) is 23.7 Å². The van der Waals surface area contributed by atoms with Crippen molar-refractivity contribution in [3.8, 4) is 0 Å². The van der Waals surface area contributed by atoms with Crippen LogP contribution in [0, 0.1) is 5.92 Å². The molecule has 0 saturated carbocycles. The Balaban J connectivity index is 1.78. The number of carbonyl (C=O) groups excluding carboxylic acids is 2. The van der Waals surface area contributed by atoms with Gasteiger partial charge in [0.05, 0.1) is 10.9 Å². The lowest BCUT2D eigenvalue weighted by Crippen LogP contribution is -2.36. The highest BCUT2D eigenvalue weighted by Crippen LogP contribution is 2.52. The summed E-state index contributed by atoms with van der Waals surface area (Å²) in [5.74, 6) is -3.45. The molecule has 0 aliphatic carbocycles. The highest BCUT2D eigenvalue weighted by atomic mass is 32.2. The summed E-state index contributed by atoms with van der Waals surface area (Å²) in [4.78, 5) is 55.4. The molecule has 4 rings (SSSR count). The van der Waals surface area contributed by atoms with Gasteiger partial charge in [-0.15, -0.1) is 0 Å². The Morgan fingerprint density at radius 3 is 2.40 bits per heavy atom. The first kappa shape index (κ1) is 20.7. The number of imide groups is 1. The number of benzene rings is 1. The van der Waals surface area contributed by atoms with Crippen LogP contribution in [0.25, 0.3) is 0 Å². The summed E-state index contributed by atoms with van der Waals surface area (Å²) in [6.07, 6.45) is 0. The van der Waals surface area contributed by atoms with Crippen LogP contribution < -0.4 is 9.77 Å². The number of carboxylic acid groups (broad SMARTS) is 1. The quantitative estimate of drug-likeness (QED) is 0.651. The van der Waals surface area contributed by atoms with Gasteiger partial charge in [0.1, 0.15) is 11.8 Å². The average molecular weight is 448 g/mol. The smallest absolute Gasteiger partial charge is 0.323 e. The van der Waals surface area contributed by atoms with Crippen molar-refractivity contribution in [2.75, 3.05) is 24.5 Å². The van der Waals surface area contributed by atoms with Crippen molar-refractivity contribution < 1.29 is 19.5 Å². The summed E-state index contributed by atoms with van der Waals surface area (Å²) in [7, 11) is 0. The van der Waals surface area contributed by atoms with Crippen LogP contribution >= 0.6 is 23.1 Å². The predicted molar refractivity (Wildman–Crippen MR) is 114 cm³/mol. The summed E-state index contributed by atoms with van der Waals surface area (Å²) in [6, 6.07) is 7.81. The number of amides is 2. The Labute approximate surface area is 180 Å². The van der Waals surface area contributed by atoms with E-state index in [4.69, 9.17) is 5.11 Å². The average Bonchev–Trinajstić information content (AvgIpc) is 3.20. The van der Waals surface area contributed by atoms with Gasteiger partial charge in [-0.2, -0.15) is 0 Å². The molecule has 3 heterocycles. The number of rotatable bonds is 6. The number of hydrogen-bond donors (Lipinski definition) is 2. The third kappa shape index (κ3) is 3.33. The molecule has 2 N–H and O–H groups in total. The van der Waals surface area contributed by atoms with Gasteiger partial charge in [-0.3, -0.25) is 24.1 Å². The zero-order chi connectivity index (χ0) is 21.6. The third-order valence-corrected chi connectivity index (χ3v) is 7.99. The molecule has 1 fully saturated rings. The molecule has 3 atom stereocenters. The molecule has 2 aromatic rings. The lowest BCUT2D eigenvalue weighted by molar-refractivity contribution is -0.149. The normalized spacial score (nSPS) is 22.7. The maximum Gasteiger partial charge on any atom is 0.323 e. The van der Waals surface area contributed by atoms with Crippen molar-refractivity contribution in [1.29, 1.82) is 0 Å². The van der Waals surface area contributed by atoms with Crippen molar-refractivity contribution in [2.24, 2.45) is 5.92 Å². The summed E-state index contributed by atoms with van der Waals surface area (Å²) in [6.45, 7) is 5.22. The number of nitrogens with zero attached hydrogens (tertiary/aromatic N) is 2. The highest BCUT2D eigenvalue weighted by molar-refractivity contribution is 8.00. The number of H-pyrrole nitrogens is 1. The molecule has 158 valence electrons. The van der Waals surface area contributed by atoms with E-state index in [1.165, 1.54) is 0 Å². The van der Waals surface area contributed by atoms with E-state index in [1.807, 2.05) is 24.3 Å². The molecule has 2 amide bonds. The van der Waals surface area contributed by atoms with E-state index < -0.39 is 41.4 Å². The number of carbonyl (C=O) groups is 3. The second-order valence-electron chi connectivity index (χ2n) is 7.17. The maximum atomic E-state index is 13.1. The van der Waals surface area contributed by atoms with Gasteiger partial charge in [-0.05, 0) is 31.5 Å². The van der Waals surface area contributed by atoms with Crippen molar-refractivity contribution in [2.45, 2.75) is 30.0 Å². The monoisotopic (exact) mass is 447 g/mol. The zero-order valence-corrected chi connectivity index (χ0v) is 18.1. The molecule has 2 aliphatic rings. The minimum atomic E-state index is -1.23. The number of hydrogen-bond acceptors (Lipinski definition) is 7. The first-order valence-corrected chi connectivity index (χ1v) is 11.4. The number of thioether (sulfide) groups is 1. The van der Waals surface area contributed by atoms with E-state index >= 15 is 0 Å². The molecular formula is C20H21N3O5S2. The van der Waals surface area contributed by atoms with E-state index in [0.717, 1.165) is 57.2 Å². The lowest BCUT2D eigenvalue weighted by atomic mass is 9.83. The molecule has 10 heteroatoms. The van der Waals surface area contributed by atoms with Crippen LogP contribution in [0.15, 0.2) is 34.1 Å². The van der Waals surface area contributed by atoms with E-state index in [1.54, 1.807) is 0 Å². The number of aromatic amines is 1. The molecule has 0 bridgehead atoms.